The number of nitrogens with two attached hydrogens (primary N) is 1. The SMILES string of the molecule is COc1ccc(CCNc2cc(NN)nc(NC3CC3)n2)cc1OC. The van der Waals surface area contributed by atoms with Crippen LogP contribution in [0.4, 0.5) is 17.6 Å². The van der Waals surface area contributed by atoms with Gasteiger partial charge in [0.05, 0.1) is 14.2 Å². The average Bonchev–Trinajstić information content (AvgIpc) is 3.45. The second-order valence-corrected chi connectivity index (χ2v) is 5.89. The lowest BCUT2D eigenvalue weighted by Gasteiger charge is -2.12. The Hall–Kier alpha value is -2.74. The van der Waals surface area contributed by atoms with Gasteiger partial charge in [-0.1, -0.05) is 6.07 Å². The van der Waals surface area contributed by atoms with Crippen LogP contribution in [0.2, 0.25) is 0 Å². The number of aromatic nitrogens is 2. The van der Waals surface area contributed by atoms with E-state index in [2.05, 4.69) is 26.0 Å². The summed E-state index contributed by atoms with van der Waals surface area (Å²) in [7, 11) is 3.26. The summed E-state index contributed by atoms with van der Waals surface area (Å²) < 4.78 is 10.6. The van der Waals surface area contributed by atoms with Gasteiger partial charge in [-0.3, -0.25) is 0 Å². The highest BCUT2D eigenvalue weighted by atomic mass is 16.5. The second-order valence-electron chi connectivity index (χ2n) is 5.89. The molecule has 5 N–H and O–H groups in total. The molecule has 1 saturated carbocycles. The van der Waals surface area contributed by atoms with E-state index >= 15 is 0 Å². The lowest BCUT2D eigenvalue weighted by atomic mass is 10.1. The average molecular weight is 344 g/mol. The number of nitrogen functional groups attached to an aromatic ring is 1. The van der Waals surface area contributed by atoms with Crippen LogP contribution >= 0.6 is 0 Å². The van der Waals surface area contributed by atoms with Crippen LogP contribution in [0.5, 0.6) is 11.5 Å². The number of ether oxygens (including phenoxy) is 2. The molecule has 1 fully saturated rings. The van der Waals surface area contributed by atoms with E-state index in [9.17, 15) is 0 Å². The number of benzene rings is 1. The number of methoxy groups -OCH3 is 2. The maximum atomic E-state index is 5.49. The molecule has 0 amide bonds. The van der Waals surface area contributed by atoms with Crippen LogP contribution in [0.15, 0.2) is 24.3 Å². The van der Waals surface area contributed by atoms with Crippen LogP contribution in [0.25, 0.3) is 0 Å². The van der Waals surface area contributed by atoms with Gasteiger partial charge in [0.15, 0.2) is 11.5 Å². The standard InChI is InChI=1S/C17H24N6O2/c1-24-13-6-3-11(9-14(13)25-2)7-8-19-15-10-16(23-18)22-17(21-15)20-12-4-5-12/h3,6,9-10,12H,4-5,7-8,18H2,1-2H3,(H3,19,20,21,22,23). The summed E-state index contributed by atoms with van der Waals surface area (Å²) in [6.45, 7) is 0.722. The Morgan fingerprint density at radius 3 is 2.52 bits per heavy atom. The van der Waals surface area contributed by atoms with Crippen molar-refractivity contribution in [3.63, 3.8) is 0 Å². The van der Waals surface area contributed by atoms with E-state index in [4.69, 9.17) is 15.3 Å². The number of rotatable bonds is 9. The lowest BCUT2D eigenvalue weighted by molar-refractivity contribution is 0.354. The number of nitrogens with zero attached hydrogens (tertiary/aromatic N) is 2. The molecule has 8 nitrogen and oxygen atoms in total. The number of hydrogen-bond acceptors (Lipinski definition) is 8. The molecule has 0 atom stereocenters. The van der Waals surface area contributed by atoms with Crippen molar-refractivity contribution in [2.24, 2.45) is 5.84 Å². The Bertz CT molecular complexity index is 720. The van der Waals surface area contributed by atoms with E-state index < -0.39 is 0 Å². The van der Waals surface area contributed by atoms with E-state index in [1.807, 2.05) is 18.2 Å². The predicted molar refractivity (Wildman–Crippen MR) is 98.2 cm³/mol. The highest BCUT2D eigenvalue weighted by Gasteiger charge is 2.22. The smallest absolute Gasteiger partial charge is 0.226 e. The Morgan fingerprint density at radius 2 is 1.84 bits per heavy atom. The van der Waals surface area contributed by atoms with Crippen LogP contribution in [-0.4, -0.2) is 36.8 Å². The van der Waals surface area contributed by atoms with Crippen LogP contribution < -0.4 is 31.4 Å². The van der Waals surface area contributed by atoms with Gasteiger partial charge in [0.1, 0.15) is 11.6 Å². The van der Waals surface area contributed by atoms with Gasteiger partial charge in [0, 0.05) is 18.7 Å². The summed E-state index contributed by atoms with van der Waals surface area (Å²) in [5.41, 5.74) is 3.72. The minimum Gasteiger partial charge on any atom is -0.493 e. The summed E-state index contributed by atoms with van der Waals surface area (Å²) in [6.07, 6.45) is 3.14. The van der Waals surface area contributed by atoms with Crippen molar-refractivity contribution in [1.29, 1.82) is 0 Å². The fourth-order valence-corrected chi connectivity index (χ4v) is 2.46. The maximum absolute atomic E-state index is 5.49. The molecular formula is C17H24N6O2. The molecule has 8 heteroatoms. The predicted octanol–water partition coefficient (Wildman–Crippen LogP) is 2.01. The van der Waals surface area contributed by atoms with Gasteiger partial charge in [0.2, 0.25) is 5.95 Å². The zero-order chi connectivity index (χ0) is 17.6. The largest absolute Gasteiger partial charge is 0.493 e. The Balaban J connectivity index is 1.61. The van der Waals surface area contributed by atoms with Crippen molar-refractivity contribution in [2.45, 2.75) is 25.3 Å². The van der Waals surface area contributed by atoms with Crippen LogP contribution in [0.3, 0.4) is 0 Å². The van der Waals surface area contributed by atoms with Crippen LogP contribution in [0.1, 0.15) is 18.4 Å². The molecule has 25 heavy (non-hydrogen) atoms. The Kier molecular flexibility index (Phi) is 5.39. The molecule has 0 spiro atoms. The zero-order valence-corrected chi connectivity index (χ0v) is 14.5. The van der Waals surface area contributed by atoms with Crippen molar-refractivity contribution >= 4 is 17.6 Å². The highest BCUT2D eigenvalue weighted by molar-refractivity contribution is 5.52. The van der Waals surface area contributed by atoms with Gasteiger partial charge in [-0.05, 0) is 37.0 Å². The maximum Gasteiger partial charge on any atom is 0.226 e. The molecule has 1 aromatic heterocycles. The first-order valence-electron chi connectivity index (χ1n) is 8.29. The number of nitrogens with one attached hydrogen (secondary N) is 3. The molecule has 1 aliphatic carbocycles. The molecule has 0 unspecified atom stereocenters. The Labute approximate surface area is 147 Å². The fourth-order valence-electron chi connectivity index (χ4n) is 2.46. The molecule has 1 heterocycles. The van der Waals surface area contributed by atoms with E-state index in [1.54, 1.807) is 20.3 Å². The van der Waals surface area contributed by atoms with Gasteiger partial charge in [-0.15, -0.1) is 0 Å². The molecule has 2 aromatic rings. The van der Waals surface area contributed by atoms with Gasteiger partial charge >= 0.3 is 0 Å². The quantitative estimate of drug-likeness (QED) is 0.404. The van der Waals surface area contributed by atoms with E-state index in [1.165, 1.54) is 0 Å². The van der Waals surface area contributed by atoms with Gasteiger partial charge < -0.3 is 25.5 Å². The zero-order valence-electron chi connectivity index (χ0n) is 14.5. The van der Waals surface area contributed by atoms with Crippen molar-refractivity contribution in [3.05, 3.63) is 29.8 Å². The monoisotopic (exact) mass is 344 g/mol. The summed E-state index contributed by atoms with van der Waals surface area (Å²) in [6, 6.07) is 8.18. The third-order valence-electron chi connectivity index (χ3n) is 3.95. The molecule has 0 aliphatic heterocycles. The van der Waals surface area contributed by atoms with Crippen LogP contribution in [0, 0.1) is 0 Å². The third kappa shape index (κ3) is 4.63. The molecule has 0 radical (unpaired) electrons. The first kappa shape index (κ1) is 17.1. The molecule has 134 valence electrons. The number of anilines is 3. The first-order chi connectivity index (χ1) is 12.2. The van der Waals surface area contributed by atoms with Gasteiger partial charge in [-0.25, -0.2) is 5.84 Å². The normalized spacial score (nSPS) is 13.2. The first-order valence-corrected chi connectivity index (χ1v) is 8.29. The third-order valence-corrected chi connectivity index (χ3v) is 3.95. The van der Waals surface area contributed by atoms with Crippen molar-refractivity contribution in [3.8, 4) is 11.5 Å². The van der Waals surface area contributed by atoms with E-state index in [0.29, 0.717) is 17.8 Å². The Morgan fingerprint density at radius 1 is 1.08 bits per heavy atom. The summed E-state index contributed by atoms with van der Waals surface area (Å²) in [5.74, 6) is 8.84. The second kappa shape index (κ2) is 7.89. The molecular weight excluding hydrogens is 320 g/mol. The summed E-state index contributed by atoms with van der Waals surface area (Å²) in [4.78, 5) is 8.79. The summed E-state index contributed by atoms with van der Waals surface area (Å²) >= 11 is 0. The minimum atomic E-state index is 0.479. The minimum absolute atomic E-state index is 0.479. The lowest BCUT2D eigenvalue weighted by Crippen LogP contribution is -2.14. The van der Waals surface area contributed by atoms with Crippen molar-refractivity contribution in [1.82, 2.24) is 9.97 Å². The van der Waals surface area contributed by atoms with Crippen LogP contribution in [-0.2, 0) is 6.42 Å². The van der Waals surface area contributed by atoms with E-state index in [0.717, 1.165) is 48.7 Å². The van der Waals surface area contributed by atoms with E-state index in [-0.39, 0.29) is 0 Å². The number of hydrazine groups is 1. The van der Waals surface area contributed by atoms with Gasteiger partial charge in [0.25, 0.3) is 0 Å². The summed E-state index contributed by atoms with van der Waals surface area (Å²) in [5, 5.41) is 6.59. The number of hydrogen-bond donors (Lipinski definition) is 4. The van der Waals surface area contributed by atoms with Gasteiger partial charge in [-0.2, -0.15) is 9.97 Å². The fraction of sp³-hybridized carbons (Fsp3) is 0.412. The molecule has 1 aromatic carbocycles. The molecule has 0 bridgehead atoms. The highest BCUT2D eigenvalue weighted by Crippen LogP contribution is 2.28. The molecule has 3 rings (SSSR count). The topological polar surface area (TPSA) is 106 Å². The van der Waals surface area contributed by atoms with Crippen molar-refractivity contribution in [2.75, 3.05) is 36.8 Å². The molecule has 1 aliphatic rings. The van der Waals surface area contributed by atoms with Crippen molar-refractivity contribution < 1.29 is 9.47 Å². The molecule has 0 saturated heterocycles.